The lowest BCUT2D eigenvalue weighted by molar-refractivity contribution is -0.123. The maximum atomic E-state index is 11.8. The van der Waals surface area contributed by atoms with Gasteiger partial charge < -0.3 is 10.1 Å². The molecule has 1 rings (SSSR count). The molecule has 1 aliphatic heterocycles. The molecule has 0 aromatic rings. The number of ether oxygens (including phenoxy) is 1. The number of hydrogen-bond acceptors (Lipinski definition) is 3. The van der Waals surface area contributed by atoms with E-state index in [1.807, 2.05) is 0 Å². The van der Waals surface area contributed by atoms with E-state index in [2.05, 4.69) is 18.2 Å². The van der Waals surface area contributed by atoms with Crippen molar-refractivity contribution >= 4 is 5.78 Å². The van der Waals surface area contributed by atoms with Gasteiger partial charge >= 0.3 is 0 Å². The highest BCUT2D eigenvalue weighted by Gasteiger charge is 2.32. The van der Waals surface area contributed by atoms with Crippen LogP contribution in [0.3, 0.4) is 0 Å². The Morgan fingerprint density at radius 1 is 1.60 bits per heavy atom. The van der Waals surface area contributed by atoms with Crippen LogP contribution in [-0.2, 0) is 9.53 Å². The predicted molar refractivity (Wildman–Crippen MR) is 59.5 cm³/mol. The molecule has 3 nitrogen and oxygen atoms in total. The Kier molecular flexibility index (Phi) is 5.38. The molecule has 0 aromatic carbocycles. The largest absolute Gasteiger partial charge is 0.379 e. The highest BCUT2D eigenvalue weighted by Crippen LogP contribution is 2.17. The molecule has 1 saturated heterocycles. The van der Waals surface area contributed by atoms with Crippen LogP contribution in [0.4, 0.5) is 0 Å². The number of nitrogens with one attached hydrogen (secondary N) is 1. The molecular weight excluding hydrogens is 190 g/mol. The van der Waals surface area contributed by atoms with Gasteiger partial charge in [0.15, 0.2) is 0 Å². The molecule has 1 aliphatic rings. The summed E-state index contributed by atoms with van der Waals surface area (Å²) < 4.78 is 5.33. The third-order valence-corrected chi connectivity index (χ3v) is 2.67. The van der Waals surface area contributed by atoms with Crippen LogP contribution in [0.15, 0.2) is 0 Å². The van der Waals surface area contributed by atoms with Gasteiger partial charge in [0, 0.05) is 18.9 Å². The number of carbonyl (C=O) groups excluding carboxylic acids is 1. The number of carbonyl (C=O) groups is 1. The third-order valence-electron chi connectivity index (χ3n) is 2.67. The summed E-state index contributed by atoms with van der Waals surface area (Å²) in [6.45, 7) is 4.24. The summed E-state index contributed by atoms with van der Waals surface area (Å²) in [5, 5.41) is 3.34. The van der Waals surface area contributed by atoms with Crippen molar-refractivity contribution in [2.24, 2.45) is 5.92 Å². The molecule has 0 aliphatic carbocycles. The maximum Gasteiger partial charge on any atom is 0.140 e. The van der Waals surface area contributed by atoms with Crippen molar-refractivity contribution in [2.45, 2.75) is 32.2 Å². The monoisotopic (exact) mass is 209 g/mol. The molecule has 0 amide bonds. The Labute approximate surface area is 91.6 Å². The zero-order chi connectivity index (χ0) is 11.1. The van der Waals surface area contributed by atoms with Gasteiger partial charge in [0.1, 0.15) is 5.78 Å². The Hall–Kier alpha value is -0.850. The van der Waals surface area contributed by atoms with Crippen LogP contribution in [0.5, 0.6) is 0 Å². The molecule has 1 N–H and O–H groups in total. The van der Waals surface area contributed by atoms with Gasteiger partial charge in [0.2, 0.25) is 0 Å². The van der Waals surface area contributed by atoms with Gasteiger partial charge in [-0.3, -0.25) is 4.79 Å². The van der Waals surface area contributed by atoms with E-state index in [9.17, 15) is 4.79 Å². The van der Waals surface area contributed by atoms with Crippen molar-refractivity contribution < 1.29 is 9.53 Å². The second-order valence-electron chi connectivity index (χ2n) is 3.88. The zero-order valence-electron chi connectivity index (χ0n) is 9.29. The van der Waals surface area contributed by atoms with Crippen molar-refractivity contribution in [3.05, 3.63) is 0 Å². The lowest BCUT2D eigenvalue weighted by Gasteiger charge is -2.17. The quantitative estimate of drug-likeness (QED) is 0.663. The van der Waals surface area contributed by atoms with Gasteiger partial charge in [0.25, 0.3) is 0 Å². The summed E-state index contributed by atoms with van der Waals surface area (Å²) >= 11 is 0. The summed E-state index contributed by atoms with van der Waals surface area (Å²) in [6.07, 6.45) is 7.23. The van der Waals surface area contributed by atoms with E-state index in [0.29, 0.717) is 26.1 Å². The number of rotatable bonds is 6. The van der Waals surface area contributed by atoms with Gasteiger partial charge in [-0.25, -0.2) is 0 Å². The van der Waals surface area contributed by atoms with E-state index in [4.69, 9.17) is 11.2 Å². The molecule has 0 bridgehead atoms. The Balaban J connectivity index is 2.38. The second-order valence-corrected chi connectivity index (χ2v) is 3.88. The molecule has 1 fully saturated rings. The van der Waals surface area contributed by atoms with E-state index in [1.54, 1.807) is 0 Å². The van der Waals surface area contributed by atoms with Gasteiger partial charge in [-0.1, -0.05) is 6.92 Å². The van der Waals surface area contributed by atoms with Crippen molar-refractivity contribution in [2.75, 3.05) is 19.8 Å². The molecule has 84 valence electrons. The first kappa shape index (κ1) is 12.2. The number of ketones is 1. The molecule has 0 saturated carbocycles. The fraction of sp³-hybridized carbons (Fsp3) is 0.750. The van der Waals surface area contributed by atoms with Gasteiger partial charge in [0.05, 0.1) is 19.1 Å². The average Bonchev–Trinajstić information content (AvgIpc) is 2.71. The maximum absolute atomic E-state index is 11.8. The molecule has 2 atom stereocenters. The minimum Gasteiger partial charge on any atom is -0.379 e. The topological polar surface area (TPSA) is 38.3 Å². The number of terminal acetylenes is 1. The van der Waals surface area contributed by atoms with E-state index < -0.39 is 0 Å². The van der Waals surface area contributed by atoms with E-state index in [0.717, 1.165) is 13.0 Å². The van der Waals surface area contributed by atoms with Gasteiger partial charge in [-0.05, 0) is 13.0 Å². The predicted octanol–water partition coefficient (Wildman–Crippen LogP) is 0.983. The fourth-order valence-corrected chi connectivity index (χ4v) is 1.78. The van der Waals surface area contributed by atoms with E-state index in [-0.39, 0.29) is 17.7 Å². The van der Waals surface area contributed by atoms with Gasteiger partial charge in [-0.2, -0.15) is 0 Å². The van der Waals surface area contributed by atoms with Gasteiger partial charge in [-0.15, -0.1) is 12.3 Å². The van der Waals surface area contributed by atoms with Crippen molar-refractivity contribution in [3.8, 4) is 12.3 Å². The molecule has 2 unspecified atom stereocenters. The molecule has 15 heavy (non-hydrogen) atoms. The standard InChI is InChI=1S/C12H19NO2/c1-3-5-6-12(14)10-8-15-9-11(10)13-7-4-2/h1,10-11,13H,4-9H2,2H3. The summed E-state index contributed by atoms with van der Waals surface area (Å²) in [7, 11) is 0. The lowest BCUT2D eigenvalue weighted by Crippen LogP contribution is -2.39. The molecule has 0 radical (unpaired) electrons. The smallest absolute Gasteiger partial charge is 0.140 e. The van der Waals surface area contributed by atoms with Crippen LogP contribution >= 0.6 is 0 Å². The molecule has 0 aromatic heterocycles. The number of Topliss-reactive ketones (excluding diaryl/α,β-unsaturated/α-hetero) is 1. The van der Waals surface area contributed by atoms with Crippen molar-refractivity contribution in [3.63, 3.8) is 0 Å². The van der Waals surface area contributed by atoms with E-state index >= 15 is 0 Å². The first-order valence-corrected chi connectivity index (χ1v) is 5.57. The molecule has 0 spiro atoms. The molecular formula is C12H19NO2. The molecule has 1 heterocycles. The summed E-state index contributed by atoms with van der Waals surface area (Å²) in [6, 6.07) is 0.190. The number of hydrogen-bond donors (Lipinski definition) is 1. The van der Waals surface area contributed by atoms with Crippen molar-refractivity contribution in [1.82, 2.24) is 5.32 Å². The third kappa shape index (κ3) is 3.65. The first-order valence-electron chi connectivity index (χ1n) is 5.57. The van der Waals surface area contributed by atoms with Crippen LogP contribution in [-0.4, -0.2) is 31.6 Å². The fourth-order valence-electron chi connectivity index (χ4n) is 1.78. The van der Waals surface area contributed by atoms with Crippen LogP contribution in [0, 0.1) is 18.3 Å². The van der Waals surface area contributed by atoms with Crippen LogP contribution < -0.4 is 5.32 Å². The summed E-state index contributed by atoms with van der Waals surface area (Å²) in [5.74, 6) is 2.74. The average molecular weight is 209 g/mol. The molecule has 3 heteroatoms. The minimum absolute atomic E-state index is 0.00454. The normalized spacial score (nSPS) is 25.1. The van der Waals surface area contributed by atoms with Crippen LogP contribution in [0.1, 0.15) is 26.2 Å². The highest BCUT2D eigenvalue weighted by molar-refractivity contribution is 5.82. The van der Waals surface area contributed by atoms with Crippen LogP contribution in [0.25, 0.3) is 0 Å². The SMILES string of the molecule is C#CCCC(=O)C1COCC1NCCC. The first-order chi connectivity index (χ1) is 7.29. The zero-order valence-corrected chi connectivity index (χ0v) is 9.29. The van der Waals surface area contributed by atoms with E-state index in [1.165, 1.54) is 0 Å². The summed E-state index contributed by atoms with van der Waals surface area (Å²) in [5.41, 5.74) is 0. The summed E-state index contributed by atoms with van der Waals surface area (Å²) in [4.78, 5) is 11.8. The Morgan fingerprint density at radius 3 is 3.07 bits per heavy atom. The lowest BCUT2D eigenvalue weighted by atomic mass is 9.95. The van der Waals surface area contributed by atoms with Crippen molar-refractivity contribution in [1.29, 1.82) is 0 Å². The Bertz CT molecular complexity index is 244. The second kappa shape index (κ2) is 6.60. The Morgan fingerprint density at radius 2 is 2.40 bits per heavy atom. The van der Waals surface area contributed by atoms with Crippen LogP contribution in [0.2, 0.25) is 0 Å². The highest BCUT2D eigenvalue weighted by atomic mass is 16.5. The minimum atomic E-state index is 0.00454.